The van der Waals surface area contributed by atoms with Gasteiger partial charge in [-0.25, -0.2) is 8.78 Å². The van der Waals surface area contributed by atoms with Crippen molar-refractivity contribution in [3.05, 3.63) is 69.3 Å². The van der Waals surface area contributed by atoms with Crippen molar-refractivity contribution >= 4 is 23.2 Å². The fourth-order valence-electron chi connectivity index (χ4n) is 2.13. The van der Waals surface area contributed by atoms with E-state index in [-0.39, 0.29) is 24.2 Å². The summed E-state index contributed by atoms with van der Waals surface area (Å²) in [5.41, 5.74) is 0.439. The maximum absolute atomic E-state index is 13.5. The van der Waals surface area contributed by atoms with E-state index in [1.54, 1.807) is 6.92 Å². The van der Waals surface area contributed by atoms with Gasteiger partial charge in [0.15, 0.2) is 0 Å². The highest BCUT2D eigenvalue weighted by molar-refractivity contribution is 5.95. The van der Waals surface area contributed by atoms with Gasteiger partial charge in [-0.3, -0.25) is 19.7 Å². The van der Waals surface area contributed by atoms with E-state index in [0.717, 1.165) is 12.1 Å². The van der Waals surface area contributed by atoms with Crippen molar-refractivity contribution in [2.24, 2.45) is 0 Å². The Hall–Kier alpha value is -3.36. The molecule has 0 saturated carbocycles. The molecular formula is C17H15F2N3O4. The Balaban J connectivity index is 1.90. The third kappa shape index (κ3) is 4.82. The second kappa shape index (κ2) is 8.15. The molecule has 7 nitrogen and oxygen atoms in total. The molecule has 26 heavy (non-hydrogen) atoms. The van der Waals surface area contributed by atoms with Crippen LogP contribution in [0.3, 0.4) is 0 Å². The number of anilines is 1. The molecule has 0 spiro atoms. The van der Waals surface area contributed by atoms with Crippen LogP contribution in [0.2, 0.25) is 0 Å². The number of carbonyl (C=O) groups excluding carboxylic acids is 2. The van der Waals surface area contributed by atoms with Crippen molar-refractivity contribution in [1.82, 2.24) is 5.32 Å². The number of hydrogen-bond donors (Lipinski definition) is 2. The molecule has 0 aliphatic rings. The smallest absolute Gasteiger partial charge is 0.271 e. The van der Waals surface area contributed by atoms with Gasteiger partial charge < -0.3 is 10.6 Å². The average Bonchev–Trinajstić information content (AvgIpc) is 2.56. The number of nitro groups is 1. The molecule has 136 valence electrons. The van der Waals surface area contributed by atoms with E-state index in [9.17, 15) is 28.5 Å². The van der Waals surface area contributed by atoms with Gasteiger partial charge in [0.05, 0.1) is 16.2 Å². The van der Waals surface area contributed by atoms with Crippen molar-refractivity contribution < 1.29 is 23.3 Å². The molecule has 0 radical (unpaired) electrons. The molecule has 0 fully saturated rings. The molecule has 2 amide bonds. The molecule has 2 aromatic rings. The molecule has 0 aromatic heterocycles. The number of carbonyl (C=O) groups is 2. The molecule has 2 aromatic carbocycles. The second-order valence-electron chi connectivity index (χ2n) is 5.43. The van der Waals surface area contributed by atoms with Gasteiger partial charge in [0, 0.05) is 31.2 Å². The third-order valence-corrected chi connectivity index (χ3v) is 3.52. The van der Waals surface area contributed by atoms with Crippen molar-refractivity contribution in [3.8, 4) is 0 Å². The summed E-state index contributed by atoms with van der Waals surface area (Å²) >= 11 is 0. The van der Waals surface area contributed by atoms with Crippen LogP contribution in [0.1, 0.15) is 22.3 Å². The zero-order valence-corrected chi connectivity index (χ0v) is 13.7. The minimum absolute atomic E-state index is 0.0878. The van der Waals surface area contributed by atoms with Crippen LogP contribution in [0.5, 0.6) is 0 Å². The van der Waals surface area contributed by atoms with E-state index in [1.165, 1.54) is 18.2 Å². The quantitative estimate of drug-likeness (QED) is 0.608. The lowest BCUT2D eigenvalue weighted by molar-refractivity contribution is -0.384. The maximum atomic E-state index is 13.5. The molecule has 2 N–H and O–H groups in total. The van der Waals surface area contributed by atoms with Crippen LogP contribution in [-0.2, 0) is 4.79 Å². The standard InChI is InChI=1S/C17H15F2N3O4/c1-10-2-4-12(22(25)26)9-15(10)21-16(23)6-7-20-17(24)13-5-3-11(18)8-14(13)19/h2-5,8-9H,6-7H2,1H3,(H,20,24)(H,21,23). The van der Waals surface area contributed by atoms with Crippen LogP contribution in [0.4, 0.5) is 20.2 Å². The molecule has 0 aliphatic carbocycles. The summed E-state index contributed by atoms with van der Waals surface area (Å²) in [6.45, 7) is 1.59. The van der Waals surface area contributed by atoms with Crippen molar-refractivity contribution in [2.45, 2.75) is 13.3 Å². The summed E-state index contributed by atoms with van der Waals surface area (Å²) in [6.07, 6.45) is -0.128. The van der Waals surface area contributed by atoms with E-state index in [0.29, 0.717) is 17.3 Å². The highest BCUT2D eigenvalue weighted by atomic mass is 19.1. The van der Waals surface area contributed by atoms with E-state index in [4.69, 9.17) is 0 Å². The van der Waals surface area contributed by atoms with E-state index < -0.39 is 28.4 Å². The number of benzene rings is 2. The minimum Gasteiger partial charge on any atom is -0.351 e. The second-order valence-corrected chi connectivity index (χ2v) is 5.43. The monoisotopic (exact) mass is 363 g/mol. The zero-order chi connectivity index (χ0) is 19.3. The lowest BCUT2D eigenvalue weighted by atomic mass is 10.1. The molecule has 0 heterocycles. The summed E-state index contributed by atoms with van der Waals surface area (Å²) in [7, 11) is 0. The molecule has 2 rings (SSSR count). The Morgan fingerprint density at radius 3 is 2.54 bits per heavy atom. The number of aryl methyl sites for hydroxylation is 1. The molecule has 0 aliphatic heterocycles. The summed E-state index contributed by atoms with van der Waals surface area (Å²) in [5, 5.41) is 15.6. The van der Waals surface area contributed by atoms with Gasteiger partial charge in [0.1, 0.15) is 11.6 Å². The summed E-state index contributed by atoms with van der Waals surface area (Å²) in [4.78, 5) is 33.9. The molecule has 0 unspecified atom stereocenters. The van der Waals surface area contributed by atoms with Gasteiger partial charge in [-0.05, 0) is 24.6 Å². The van der Waals surface area contributed by atoms with Crippen molar-refractivity contribution in [3.63, 3.8) is 0 Å². The molecule has 0 atom stereocenters. The Morgan fingerprint density at radius 2 is 1.88 bits per heavy atom. The zero-order valence-electron chi connectivity index (χ0n) is 13.7. The Labute approximate surface area is 147 Å². The highest BCUT2D eigenvalue weighted by Gasteiger charge is 2.14. The number of nitrogens with one attached hydrogen (secondary N) is 2. The Bertz CT molecular complexity index is 871. The largest absolute Gasteiger partial charge is 0.351 e. The Morgan fingerprint density at radius 1 is 1.15 bits per heavy atom. The summed E-state index contributed by atoms with van der Waals surface area (Å²) in [5.74, 6) is -3.06. The fraction of sp³-hybridized carbons (Fsp3) is 0.176. The number of hydrogen-bond acceptors (Lipinski definition) is 4. The number of amides is 2. The third-order valence-electron chi connectivity index (χ3n) is 3.52. The van der Waals surface area contributed by atoms with Gasteiger partial charge in [0.2, 0.25) is 5.91 Å². The van der Waals surface area contributed by atoms with Gasteiger partial charge in [-0.1, -0.05) is 6.07 Å². The van der Waals surface area contributed by atoms with Crippen LogP contribution in [0.25, 0.3) is 0 Å². The minimum atomic E-state index is -1.00. The topological polar surface area (TPSA) is 101 Å². The first-order valence-corrected chi connectivity index (χ1v) is 7.56. The van der Waals surface area contributed by atoms with E-state index >= 15 is 0 Å². The van der Waals surface area contributed by atoms with Gasteiger partial charge in [-0.2, -0.15) is 0 Å². The first-order valence-electron chi connectivity index (χ1n) is 7.56. The molecule has 0 bridgehead atoms. The lowest BCUT2D eigenvalue weighted by Gasteiger charge is -2.09. The molecule has 9 heteroatoms. The van der Waals surface area contributed by atoms with E-state index in [2.05, 4.69) is 10.6 Å². The number of nitrogens with zero attached hydrogens (tertiary/aromatic N) is 1. The Kier molecular flexibility index (Phi) is 5.94. The van der Waals surface area contributed by atoms with Gasteiger partial charge in [-0.15, -0.1) is 0 Å². The predicted molar refractivity (Wildman–Crippen MR) is 89.8 cm³/mol. The van der Waals surface area contributed by atoms with Crippen LogP contribution in [0, 0.1) is 28.7 Å². The van der Waals surface area contributed by atoms with E-state index in [1.807, 2.05) is 0 Å². The normalized spacial score (nSPS) is 10.3. The van der Waals surface area contributed by atoms with Gasteiger partial charge in [0.25, 0.3) is 11.6 Å². The molecular weight excluding hydrogens is 348 g/mol. The average molecular weight is 363 g/mol. The van der Waals surface area contributed by atoms with Crippen LogP contribution in [0.15, 0.2) is 36.4 Å². The number of nitro benzene ring substituents is 1. The number of halogens is 2. The molecule has 0 saturated heterocycles. The highest BCUT2D eigenvalue weighted by Crippen LogP contribution is 2.21. The van der Waals surface area contributed by atoms with Crippen LogP contribution in [-0.4, -0.2) is 23.3 Å². The first-order chi connectivity index (χ1) is 12.3. The van der Waals surface area contributed by atoms with Crippen LogP contribution < -0.4 is 10.6 Å². The SMILES string of the molecule is Cc1ccc([N+](=O)[O-])cc1NC(=O)CCNC(=O)c1ccc(F)cc1F. The van der Waals surface area contributed by atoms with Crippen molar-refractivity contribution in [1.29, 1.82) is 0 Å². The maximum Gasteiger partial charge on any atom is 0.271 e. The van der Waals surface area contributed by atoms with Gasteiger partial charge >= 0.3 is 0 Å². The van der Waals surface area contributed by atoms with Crippen LogP contribution >= 0.6 is 0 Å². The summed E-state index contributed by atoms with van der Waals surface area (Å²) < 4.78 is 26.3. The fourth-order valence-corrected chi connectivity index (χ4v) is 2.13. The van der Waals surface area contributed by atoms with Crippen molar-refractivity contribution in [2.75, 3.05) is 11.9 Å². The lowest BCUT2D eigenvalue weighted by Crippen LogP contribution is -2.28. The summed E-state index contributed by atoms with van der Waals surface area (Å²) in [6, 6.07) is 6.62. The number of rotatable bonds is 6. The predicted octanol–water partition coefficient (Wildman–Crippen LogP) is 2.94. The number of non-ortho nitro benzene ring substituents is 1. The first kappa shape index (κ1) is 19.0.